The maximum absolute atomic E-state index is 12.2. The van der Waals surface area contributed by atoms with Gasteiger partial charge in [-0.05, 0) is 58.6 Å². The molecule has 21 heavy (non-hydrogen) atoms. The lowest BCUT2D eigenvalue weighted by Crippen LogP contribution is -2.25. The van der Waals surface area contributed by atoms with Gasteiger partial charge in [-0.15, -0.1) is 11.3 Å². The molecule has 5 nitrogen and oxygen atoms in total. The largest absolute Gasteiger partial charge is 0.312 e. The Bertz CT molecular complexity index is 524. The maximum atomic E-state index is 12.2. The fourth-order valence-corrected chi connectivity index (χ4v) is 4.54. The van der Waals surface area contributed by atoms with Gasteiger partial charge in [0.15, 0.2) is 0 Å². The third-order valence-electron chi connectivity index (χ3n) is 3.12. The summed E-state index contributed by atoms with van der Waals surface area (Å²) >= 11 is 1.35. The summed E-state index contributed by atoms with van der Waals surface area (Å²) in [6, 6.07) is 1.76. The van der Waals surface area contributed by atoms with Gasteiger partial charge in [-0.1, -0.05) is 6.92 Å². The van der Waals surface area contributed by atoms with E-state index in [1.54, 1.807) is 6.07 Å². The minimum atomic E-state index is -3.36. The predicted octanol–water partition coefficient (Wildman–Crippen LogP) is 1.79. The van der Waals surface area contributed by atoms with Crippen LogP contribution in [0.4, 0.5) is 0 Å². The molecule has 0 bridgehead atoms. The molecule has 0 aliphatic rings. The second-order valence-corrected chi connectivity index (χ2v) is 8.49. The van der Waals surface area contributed by atoms with E-state index in [1.807, 2.05) is 27.9 Å². The summed E-state index contributed by atoms with van der Waals surface area (Å²) in [5, 5.41) is 3.23. The van der Waals surface area contributed by atoms with Gasteiger partial charge in [0, 0.05) is 18.0 Å². The number of hydrogen-bond donors (Lipinski definition) is 2. The molecule has 122 valence electrons. The van der Waals surface area contributed by atoms with E-state index in [1.165, 1.54) is 11.3 Å². The fourth-order valence-electron chi connectivity index (χ4n) is 1.87. The van der Waals surface area contributed by atoms with Crippen molar-refractivity contribution in [2.45, 2.75) is 37.4 Å². The molecule has 0 amide bonds. The Labute approximate surface area is 132 Å². The van der Waals surface area contributed by atoms with Crippen molar-refractivity contribution >= 4 is 21.4 Å². The molecule has 1 rings (SSSR count). The zero-order valence-electron chi connectivity index (χ0n) is 13.4. The highest BCUT2D eigenvalue weighted by molar-refractivity contribution is 7.91. The summed E-state index contributed by atoms with van der Waals surface area (Å²) in [4.78, 5) is 3.19. The molecule has 0 saturated carbocycles. The number of rotatable bonds is 10. The van der Waals surface area contributed by atoms with Gasteiger partial charge >= 0.3 is 0 Å². The highest BCUT2D eigenvalue weighted by atomic mass is 32.2. The molecule has 0 unspecified atom stereocenters. The van der Waals surface area contributed by atoms with Crippen molar-refractivity contribution in [3.05, 3.63) is 16.5 Å². The minimum Gasteiger partial charge on any atom is -0.312 e. The zero-order valence-corrected chi connectivity index (χ0v) is 15.0. The highest BCUT2D eigenvalue weighted by Crippen LogP contribution is 2.25. The van der Waals surface area contributed by atoms with Crippen LogP contribution < -0.4 is 10.0 Å². The van der Waals surface area contributed by atoms with Crippen molar-refractivity contribution in [3.63, 3.8) is 0 Å². The molecular weight excluding hydrogens is 306 g/mol. The third-order valence-corrected chi connectivity index (χ3v) is 6.29. The van der Waals surface area contributed by atoms with Crippen LogP contribution in [0, 0.1) is 6.92 Å². The predicted molar refractivity (Wildman–Crippen MR) is 89.4 cm³/mol. The topological polar surface area (TPSA) is 61.4 Å². The molecule has 7 heteroatoms. The van der Waals surface area contributed by atoms with Crippen molar-refractivity contribution in [1.82, 2.24) is 14.9 Å². The number of nitrogens with zero attached hydrogens (tertiary/aromatic N) is 1. The first-order valence-corrected chi connectivity index (χ1v) is 9.61. The SMILES string of the molecule is CCNCc1sc(S(=O)(=O)NCCCCN(C)C)cc1C. The average molecular weight is 334 g/mol. The van der Waals surface area contributed by atoms with Crippen molar-refractivity contribution in [2.75, 3.05) is 33.7 Å². The second kappa shape index (κ2) is 8.85. The van der Waals surface area contributed by atoms with Crippen LogP contribution in [0.15, 0.2) is 10.3 Å². The first-order chi connectivity index (χ1) is 9.86. The normalized spacial score (nSPS) is 12.2. The molecule has 0 radical (unpaired) electrons. The van der Waals surface area contributed by atoms with Crippen LogP contribution in [0.3, 0.4) is 0 Å². The molecule has 0 saturated heterocycles. The zero-order chi connectivity index (χ0) is 15.9. The molecule has 0 atom stereocenters. The number of thiophene rings is 1. The lowest BCUT2D eigenvalue weighted by Gasteiger charge is -2.09. The van der Waals surface area contributed by atoms with E-state index in [-0.39, 0.29) is 0 Å². The van der Waals surface area contributed by atoms with Crippen LogP contribution >= 0.6 is 11.3 Å². The molecule has 0 aliphatic carbocycles. The van der Waals surface area contributed by atoms with Gasteiger partial charge in [0.1, 0.15) is 4.21 Å². The van der Waals surface area contributed by atoms with E-state index < -0.39 is 10.0 Å². The number of unbranched alkanes of at least 4 members (excludes halogenated alkanes) is 1. The van der Waals surface area contributed by atoms with E-state index in [0.717, 1.165) is 42.9 Å². The number of sulfonamides is 1. The van der Waals surface area contributed by atoms with Crippen LogP contribution in [0.1, 0.15) is 30.2 Å². The Hall–Kier alpha value is -0.470. The Morgan fingerprint density at radius 3 is 2.62 bits per heavy atom. The van der Waals surface area contributed by atoms with E-state index in [0.29, 0.717) is 10.8 Å². The summed E-state index contributed by atoms with van der Waals surface area (Å²) in [5.74, 6) is 0. The van der Waals surface area contributed by atoms with Gasteiger partial charge < -0.3 is 10.2 Å². The molecule has 0 aliphatic heterocycles. The Balaban J connectivity index is 2.54. The minimum absolute atomic E-state index is 0.417. The van der Waals surface area contributed by atoms with Crippen LogP contribution in [0.25, 0.3) is 0 Å². The van der Waals surface area contributed by atoms with E-state index >= 15 is 0 Å². The van der Waals surface area contributed by atoms with E-state index in [9.17, 15) is 8.42 Å². The van der Waals surface area contributed by atoms with Crippen LogP contribution in [0.5, 0.6) is 0 Å². The Kier molecular flexibility index (Phi) is 7.83. The number of hydrogen-bond acceptors (Lipinski definition) is 5. The smallest absolute Gasteiger partial charge is 0.250 e. The van der Waals surface area contributed by atoms with Gasteiger partial charge in [-0.3, -0.25) is 0 Å². The van der Waals surface area contributed by atoms with Crippen LogP contribution in [-0.4, -0.2) is 47.0 Å². The van der Waals surface area contributed by atoms with Crippen molar-refractivity contribution in [1.29, 1.82) is 0 Å². The number of aryl methyl sites for hydroxylation is 1. The Morgan fingerprint density at radius 2 is 2.00 bits per heavy atom. The number of nitrogens with one attached hydrogen (secondary N) is 2. The summed E-state index contributed by atoms with van der Waals surface area (Å²) in [6.07, 6.45) is 1.84. The lowest BCUT2D eigenvalue weighted by molar-refractivity contribution is 0.394. The van der Waals surface area contributed by atoms with E-state index in [2.05, 4.69) is 14.9 Å². The summed E-state index contributed by atoms with van der Waals surface area (Å²) < 4.78 is 27.6. The summed E-state index contributed by atoms with van der Waals surface area (Å²) in [6.45, 7) is 7.08. The standard InChI is InChI=1S/C14H27N3O2S2/c1-5-15-11-13-12(2)10-14(20-13)21(18,19)16-8-6-7-9-17(3)4/h10,15-16H,5-9,11H2,1-4H3. The summed E-state index contributed by atoms with van der Waals surface area (Å²) in [7, 11) is 0.676. The van der Waals surface area contributed by atoms with Crippen molar-refractivity contribution in [2.24, 2.45) is 0 Å². The van der Waals surface area contributed by atoms with Crippen molar-refractivity contribution < 1.29 is 8.42 Å². The maximum Gasteiger partial charge on any atom is 0.250 e. The summed E-state index contributed by atoms with van der Waals surface area (Å²) in [5.41, 5.74) is 1.04. The van der Waals surface area contributed by atoms with Gasteiger partial charge in [0.25, 0.3) is 0 Å². The Morgan fingerprint density at radius 1 is 1.29 bits per heavy atom. The molecule has 0 spiro atoms. The molecular formula is C14H27N3O2S2. The molecule has 0 aromatic carbocycles. The quantitative estimate of drug-likeness (QED) is 0.641. The second-order valence-electron chi connectivity index (χ2n) is 5.36. The first-order valence-electron chi connectivity index (χ1n) is 7.31. The monoisotopic (exact) mass is 333 g/mol. The van der Waals surface area contributed by atoms with Gasteiger partial charge in [0.05, 0.1) is 0 Å². The molecule has 1 aromatic rings. The van der Waals surface area contributed by atoms with E-state index in [4.69, 9.17) is 0 Å². The first kappa shape index (κ1) is 18.6. The fraction of sp³-hybridized carbons (Fsp3) is 0.714. The van der Waals surface area contributed by atoms with Gasteiger partial charge in [-0.2, -0.15) is 0 Å². The molecule has 0 fully saturated rings. The van der Waals surface area contributed by atoms with Gasteiger partial charge in [-0.25, -0.2) is 13.1 Å². The average Bonchev–Trinajstić information content (AvgIpc) is 2.77. The van der Waals surface area contributed by atoms with Crippen molar-refractivity contribution in [3.8, 4) is 0 Å². The van der Waals surface area contributed by atoms with Gasteiger partial charge in [0.2, 0.25) is 10.0 Å². The molecule has 1 aromatic heterocycles. The molecule has 2 N–H and O–H groups in total. The van der Waals surface area contributed by atoms with Crippen LogP contribution in [0.2, 0.25) is 0 Å². The highest BCUT2D eigenvalue weighted by Gasteiger charge is 2.18. The lowest BCUT2D eigenvalue weighted by atomic mass is 10.3. The molecule has 1 heterocycles. The third kappa shape index (κ3) is 6.44. The van der Waals surface area contributed by atoms with Crippen LogP contribution in [-0.2, 0) is 16.6 Å².